The second-order valence-electron chi connectivity index (χ2n) is 9.45. The monoisotopic (exact) mass is 566 g/mol. The maximum atomic E-state index is 14.6. The van der Waals surface area contributed by atoms with Gasteiger partial charge >= 0.3 is 6.09 Å². The zero-order chi connectivity index (χ0) is 28.2. The van der Waals surface area contributed by atoms with Crippen LogP contribution in [-0.4, -0.2) is 59.5 Å². The number of methoxy groups -OCH3 is 1. The van der Waals surface area contributed by atoms with E-state index in [-0.39, 0.29) is 29.8 Å². The van der Waals surface area contributed by atoms with Crippen LogP contribution in [0.15, 0.2) is 54.7 Å². The number of H-pyrrole nitrogens is 1. The molecule has 208 valence electrons. The third kappa shape index (κ3) is 5.79. The van der Waals surface area contributed by atoms with Crippen molar-refractivity contribution >= 4 is 46.6 Å². The Hall–Kier alpha value is -4.38. The molecule has 0 radical (unpaired) electrons. The molecule has 1 atom stereocenters. The van der Waals surface area contributed by atoms with Gasteiger partial charge in [-0.3, -0.25) is 14.9 Å². The maximum Gasteiger partial charge on any atom is 0.411 e. The summed E-state index contributed by atoms with van der Waals surface area (Å²) in [6.07, 6.45) is 6.12. The van der Waals surface area contributed by atoms with E-state index in [2.05, 4.69) is 25.3 Å². The summed E-state index contributed by atoms with van der Waals surface area (Å²) in [5, 5.41) is 5.53. The number of carbonyl (C=O) groups is 3. The minimum absolute atomic E-state index is 0.00225. The molecule has 1 unspecified atom stereocenters. The molecule has 1 saturated heterocycles. The van der Waals surface area contributed by atoms with Crippen LogP contribution in [0.2, 0.25) is 5.02 Å². The average molecular weight is 567 g/mol. The number of halogens is 2. The van der Waals surface area contributed by atoms with Gasteiger partial charge in [-0.1, -0.05) is 29.8 Å². The summed E-state index contributed by atoms with van der Waals surface area (Å²) in [6, 6.07) is 9.46. The SMILES string of the molecule is COC(=O)Nc1ccc2c(c1)NC(=O)CCC=CCC(N1CCN(c3cccc(Cl)c3F)CC1=O)c1ncc-2[nH]1. The van der Waals surface area contributed by atoms with Crippen LogP contribution in [0, 0.1) is 5.82 Å². The summed E-state index contributed by atoms with van der Waals surface area (Å²) in [5.41, 5.74) is 2.54. The number of piperazine rings is 1. The molecule has 0 aliphatic carbocycles. The second-order valence-corrected chi connectivity index (χ2v) is 9.86. The van der Waals surface area contributed by atoms with Gasteiger partial charge in [0.15, 0.2) is 5.82 Å². The van der Waals surface area contributed by atoms with E-state index in [9.17, 15) is 18.8 Å². The molecule has 0 spiro atoms. The lowest BCUT2D eigenvalue weighted by Crippen LogP contribution is -2.52. The van der Waals surface area contributed by atoms with Gasteiger partial charge in [0.05, 0.1) is 48.0 Å². The Morgan fingerprint density at radius 1 is 1.20 bits per heavy atom. The first-order chi connectivity index (χ1) is 19.3. The molecular formula is C28H28ClFN6O4. The van der Waals surface area contributed by atoms with Crippen molar-refractivity contribution in [3.05, 3.63) is 71.4 Å². The largest absolute Gasteiger partial charge is 0.453 e. The number of ether oxygens (including phenoxy) is 1. The van der Waals surface area contributed by atoms with Gasteiger partial charge in [0.1, 0.15) is 5.82 Å². The van der Waals surface area contributed by atoms with Crippen LogP contribution in [0.25, 0.3) is 11.3 Å². The Labute approximate surface area is 235 Å². The van der Waals surface area contributed by atoms with E-state index in [1.54, 1.807) is 46.3 Å². The summed E-state index contributed by atoms with van der Waals surface area (Å²) in [5.74, 6) is -0.306. The van der Waals surface area contributed by atoms with Gasteiger partial charge in [0.2, 0.25) is 11.8 Å². The van der Waals surface area contributed by atoms with E-state index >= 15 is 0 Å². The van der Waals surface area contributed by atoms with E-state index < -0.39 is 18.0 Å². The molecule has 1 fully saturated rings. The Morgan fingerprint density at radius 2 is 2.05 bits per heavy atom. The number of amides is 3. The molecule has 3 N–H and O–H groups in total. The van der Waals surface area contributed by atoms with Gasteiger partial charge in [-0.2, -0.15) is 0 Å². The predicted molar refractivity (Wildman–Crippen MR) is 150 cm³/mol. The third-order valence-corrected chi connectivity index (χ3v) is 7.19. The molecule has 2 bridgehead atoms. The Bertz CT molecular complexity index is 1470. The first-order valence-electron chi connectivity index (χ1n) is 12.8. The standard InChI is InChI=1S/C28H28ClFN6O4/c1-40-28(39)32-17-10-11-18-20(14-17)33-24(37)9-4-2-3-7-23(27-31-15-21(18)34-27)36-13-12-35(16-25(36)38)22-8-5-6-19(29)26(22)30/h2-3,5-6,8,10-11,14-15,23H,4,7,9,12-13,16H2,1H3,(H,31,34)(H,32,39)(H,33,37). The highest BCUT2D eigenvalue weighted by atomic mass is 35.5. The predicted octanol–water partition coefficient (Wildman–Crippen LogP) is 5.12. The fourth-order valence-corrected chi connectivity index (χ4v) is 5.06. The maximum absolute atomic E-state index is 14.6. The highest BCUT2D eigenvalue weighted by molar-refractivity contribution is 6.31. The second kappa shape index (κ2) is 11.8. The molecule has 3 heterocycles. The van der Waals surface area contributed by atoms with E-state index in [0.29, 0.717) is 60.1 Å². The molecule has 40 heavy (non-hydrogen) atoms. The van der Waals surface area contributed by atoms with Gasteiger partial charge in [-0.15, -0.1) is 0 Å². The summed E-state index contributed by atoms with van der Waals surface area (Å²) >= 11 is 5.96. The quantitative estimate of drug-likeness (QED) is 0.379. The van der Waals surface area contributed by atoms with Crippen molar-refractivity contribution in [3.63, 3.8) is 0 Å². The van der Waals surface area contributed by atoms with Gasteiger partial charge in [0, 0.05) is 30.8 Å². The number of nitrogens with one attached hydrogen (secondary N) is 3. The number of fused-ring (bicyclic) bond motifs is 4. The van der Waals surface area contributed by atoms with Crippen LogP contribution in [0.5, 0.6) is 0 Å². The van der Waals surface area contributed by atoms with Crippen molar-refractivity contribution in [1.82, 2.24) is 14.9 Å². The molecule has 12 heteroatoms. The number of aromatic amines is 1. The number of benzene rings is 2. The minimum Gasteiger partial charge on any atom is -0.453 e. The lowest BCUT2D eigenvalue weighted by atomic mass is 10.1. The molecule has 3 amide bonds. The number of carbonyl (C=O) groups excluding carboxylic acids is 3. The fourth-order valence-electron chi connectivity index (χ4n) is 4.89. The Kier molecular flexibility index (Phi) is 8.01. The van der Waals surface area contributed by atoms with E-state index in [4.69, 9.17) is 11.6 Å². The lowest BCUT2D eigenvalue weighted by molar-refractivity contribution is -0.133. The first kappa shape index (κ1) is 27.2. The van der Waals surface area contributed by atoms with Crippen LogP contribution < -0.4 is 15.5 Å². The van der Waals surface area contributed by atoms with E-state index in [1.165, 1.54) is 13.2 Å². The van der Waals surface area contributed by atoms with Crippen LogP contribution in [0.4, 0.5) is 26.2 Å². The highest BCUT2D eigenvalue weighted by Crippen LogP contribution is 2.34. The number of nitrogens with zero attached hydrogens (tertiary/aromatic N) is 3. The van der Waals surface area contributed by atoms with Crippen LogP contribution in [-0.2, 0) is 14.3 Å². The smallest absolute Gasteiger partial charge is 0.411 e. The highest BCUT2D eigenvalue weighted by Gasteiger charge is 2.33. The molecule has 1 aromatic heterocycles. The van der Waals surface area contributed by atoms with Crippen LogP contribution >= 0.6 is 11.6 Å². The molecule has 3 aromatic rings. The molecule has 10 nitrogen and oxygen atoms in total. The first-order valence-corrected chi connectivity index (χ1v) is 13.2. The average Bonchev–Trinajstić information content (AvgIpc) is 3.42. The number of hydrogen-bond acceptors (Lipinski definition) is 6. The molecule has 2 aliphatic heterocycles. The fraction of sp³-hybridized carbons (Fsp3) is 0.286. The number of imidazole rings is 1. The zero-order valence-electron chi connectivity index (χ0n) is 21.7. The summed E-state index contributed by atoms with van der Waals surface area (Å²) < 4.78 is 19.3. The van der Waals surface area contributed by atoms with Gasteiger partial charge in [0.25, 0.3) is 0 Å². The lowest BCUT2D eigenvalue weighted by Gasteiger charge is -2.39. The number of allylic oxidation sites excluding steroid dienone is 1. The minimum atomic E-state index is -0.629. The summed E-state index contributed by atoms with van der Waals surface area (Å²) in [6.45, 7) is 0.786. The number of rotatable bonds is 3. The summed E-state index contributed by atoms with van der Waals surface area (Å²) in [4.78, 5) is 49.1. The van der Waals surface area contributed by atoms with Crippen molar-refractivity contribution in [2.24, 2.45) is 0 Å². The number of anilines is 3. The normalized spacial score (nSPS) is 17.7. The van der Waals surface area contributed by atoms with Gasteiger partial charge in [-0.05, 0) is 43.2 Å². The molecule has 5 rings (SSSR count). The number of aromatic nitrogens is 2. The van der Waals surface area contributed by atoms with E-state index in [1.807, 2.05) is 12.2 Å². The van der Waals surface area contributed by atoms with Crippen molar-refractivity contribution in [2.75, 3.05) is 42.3 Å². The van der Waals surface area contributed by atoms with Crippen molar-refractivity contribution in [2.45, 2.75) is 25.3 Å². The van der Waals surface area contributed by atoms with Gasteiger partial charge in [-0.25, -0.2) is 14.2 Å². The molecule has 0 saturated carbocycles. The Morgan fingerprint density at radius 3 is 2.85 bits per heavy atom. The van der Waals surface area contributed by atoms with E-state index in [0.717, 1.165) is 0 Å². The zero-order valence-corrected chi connectivity index (χ0v) is 22.5. The van der Waals surface area contributed by atoms with Gasteiger partial charge < -0.3 is 24.8 Å². The topological polar surface area (TPSA) is 120 Å². The molecular weight excluding hydrogens is 539 g/mol. The number of hydrogen-bond donors (Lipinski definition) is 3. The molecule has 2 aliphatic rings. The van der Waals surface area contributed by atoms with Crippen LogP contribution in [0.1, 0.15) is 31.1 Å². The Balaban J connectivity index is 1.44. The third-order valence-electron chi connectivity index (χ3n) is 6.90. The molecule has 2 aromatic carbocycles. The van der Waals surface area contributed by atoms with Crippen LogP contribution in [0.3, 0.4) is 0 Å². The van der Waals surface area contributed by atoms with Crippen molar-refractivity contribution < 1.29 is 23.5 Å². The van der Waals surface area contributed by atoms with Crippen molar-refractivity contribution in [1.29, 1.82) is 0 Å². The summed E-state index contributed by atoms with van der Waals surface area (Å²) in [7, 11) is 1.27. The van der Waals surface area contributed by atoms with Crippen molar-refractivity contribution in [3.8, 4) is 11.3 Å².